The maximum absolute atomic E-state index is 10.4. The van der Waals surface area contributed by atoms with Crippen molar-refractivity contribution in [3.63, 3.8) is 0 Å². The molecular weight excluding hydrogens is 356 g/mol. The van der Waals surface area contributed by atoms with Crippen LogP contribution in [0, 0.1) is 0 Å². The summed E-state index contributed by atoms with van der Waals surface area (Å²) in [5.41, 5.74) is 1.83. The van der Waals surface area contributed by atoms with Gasteiger partial charge in [-0.25, -0.2) is 0 Å². The van der Waals surface area contributed by atoms with Crippen molar-refractivity contribution in [3.05, 3.63) is 54.1 Å². The van der Waals surface area contributed by atoms with Crippen molar-refractivity contribution in [1.29, 1.82) is 0 Å². The largest absolute Gasteiger partial charge is 0.504 e. The van der Waals surface area contributed by atoms with Gasteiger partial charge in [-0.05, 0) is 35.5 Å². The Morgan fingerprint density at radius 3 is 2.54 bits per heavy atom. The van der Waals surface area contributed by atoms with E-state index >= 15 is 0 Å². The van der Waals surface area contributed by atoms with E-state index in [0.717, 1.165) is 43.4 Å². The van der Waals surface area contributed by atoms with Gasteiger partial charge in [0.15, 0.2) is 11.5 Å². The number of rotatable bonds is 6. The number of tetrazole rings is 1. The van der Waals surface area contributed by atoms with Gasteiger partial charge in [0.1, 0.15) is 0 Å². The van der Waals surface area contributed by atoms with E-state index in [1.807, 2.05) is 49.4 Å². The zero-order valence-electron chi connectivity index (χ0n) is 15.9. The minimum atomic E-state index is 0.236. The lowest BCUT2D eigenvalue weighted by Crippen LogP contribution is -2.46. The molecule has 1 aromatic heterocycles. The number of anilines is 1. The Morgan fingerprint density at radius 1 is 1.00 bits per heavy atom. The first-order valence-electron chi connectivity index (χ1n) is 9.51. The van der Waals surface area contributed by atoms with E-state index in [-0.39, 0.29) is 5.75 Å². The number of hydrogen-bond donors (Lipinski definition) is 1. The van der Waals surface area contributed by atoms with E-state index in [4.69, 9.17) is 4.74 Å². The van der Waals surface area contributed by atoms with Crippen molar-refractivity contribution in [3.8, 4) is 17.2 Å². The molecule has 1 saturated heterocycles. The first-order valence-corrected chi connectivity index (χ1v) is 9.51. The Labute approximate surface area is 164 Å². The van der Waals surface area contributed by atoms with Crippen LogP contribution in [0.1, 0.15) is 12.5 Å². The number of benzene rings is 2. The van der Waals surface area contributed by atoms with E-state index in [1.165, 1.54) is 0 Å². The van der Waals surface area contributed by atoms with Gasteiger partial charge in [-0.3, -0.25) is 4.90 Å². The van der Waals surface area contributed by atoms with E-state index < -0.39 is 0 Å². The molecule has 1 N–H and O–H groups in total. The first-order chi connectivity index (χ1) is 13.8. The third-order valence-corrected chi connectivity index (χ3v) is 4.89. The zero-order valence-corrected chi connectivity index (χ0v) is 15.9. The molecule has 1 fully saturated rings. The smallest absolute Gasteiger partial charge is 0.250 e. The van der Waals surface area contributed by atoms with Crippen LogP contribution >= 0.6 is 0 Å². The Bertz CT molecular complexity index is 906. The lowest BCUT2D eigenvalue weighted by atomic mass is 10.1. The minimum absolute atomic E-state index is 0.236. The number of piperazine rings is 1. The van der Waals surface area contributed by atoms with E-state index in [1.54, 1.807) is 10.7 Å². The molecular formula is C20H24N6O2. The summed E-state index contributed by atoms with van der Waals surface area (Å²) in [7, 11) is 0. The molecule has 2 aromatic carbocycles. The van der Waals surface area contributed by atoms with Gasteiger partial charge in [-0.15, -0.1) is 0 Å². The average molecular weight is 380 g/mol. The molecule has 28 heavy (non-hydrogen) atoms. The molecule has 146 valence electrons. The number of aromatic nitrogens is 4. The van der Waals surface area contributed by atoms with Crippen molar-refractivity contribution in [2.75, 3.05) is 37.7 Å². The fraction of sp³-hybridized carbons (Fsp3) is 0.350. The molecule has 8 nitrogen and oxygen atoms in total. The van der Waals surface area contributed by atoms with Gasteiger partial charge in [0.2, 0.25) is 5.95 Å². The number of para-hydroxylation sites is 2. The molecule has 1 aliphatic heterocycles. The molecule has 0 radical (unpaired) electrons. The topological polar surface area (TPSA) is 79.5 Å². The molecule has 0 unspecified atom stereocenters. The second-order valence-electron chi connectivity index (χ2n) is 6.69. The molecule has 0 atom stereocenters. The van der Waals surface area contributed by atoms with Crippen molar-refractivity contribution < 1.29 is 9.84 Å². The van der Waals surface area contributed by atoms with Crippen molar-refractivity contribution in [2.24, 2.45) is 0 Å². The highest BCUT2D eigenvalue weighted by atomic mass is 16.5. The summed E-state index contributed by atoms with van der Waals surface area (Å²) >= 11 is 0. The van der Waals surface area contributed by atoms with Crippen molar-refractivity contribution in [1.82, 2.24) is 25.1 Å². The Kier molecular flexibility index (Phi) is 5.38. The number of aromatic hydroxyl groups is 1. The van der Waals surface area contributed by atoms with Crippen LogP contribution in [0.3, 0.4) is 0 Å². The quantitative estimate of drug-likeness (QED) is 0.701. The normalized spacial score (nSPS) is 15.0. The molecule has 0 amide bonds. The minimum Gasteiger partial charge on any atom is -0.504 e. The highest BCUT2D eigenvalue weighted by Gasteiger charge is 2.23. The summed E-state index contributed by atoms with van der Waals surface area (Å²) in [6, 6.07) is 15.6. The Hall–Kier alpha value is -3.13. The summed E-state index contributed by atoms with van der Waals surface area (Å²) in [4.78, 5) is 4.51. The number of ether oxygens (including phenoxy) is 1. The molecule has 0 spiro atoms. The predicted octanol–water partition coefficient (Wildman–Crippen LogP) is 2.09. The van der Waals surface area contributed by atoms with Crippen LogP contribution in [0.15, 0.2) is 48.5 Å². The van der Waals surface area contributed by atoms with Gasteiger partial charge >= 0.3 is 0 Å². The second-order valence-corrected chi connectivity index (χ2v) is 6.69. The fourth-order valence-electron chi connectivity index (χ4n) is 3.43. The monoisotopic (exact) mass is 380 g/mol. The zero-order chi connectivity index (χ0) is 19.3. The maximum Gasteiger partial charge on any atom is 0.250 e. The Morgan fingerprint density at radius 2 is 1.79 bits per heavy atom. The van der Waals surface area contributed by atoms with E-state index in [9.17, 15) is 5.11 Å². The molecule has 4 rings (SSSR count). The number of phenolic OH excluding ortho intramolecular Hbond substituents is 1. The van der Waals surface area contributed by atoms with Gasteiger partial charge in [0.25, 0.3) is 0 Å². The second kappa shape index (κ2) is 8.26. The summed E-state index contributed by atoms with van der Waals surface area (Å²) in [5, 5.41) is 22.6. The summed E-state index contributed by atoms with van der Waals surface area (Å²) < 4.78 is 7.26. The van der Waals surface area contributed by atoms with Crippen LogP contribution < -0.4 is 9.64 Å². The van der Waals surface area contributed by atoms with Gasteiger partial charge in [-0.1, -0.05) is 35.4 Å². The first kappa shape index (κ1) is 18.2. The molecule has 0 saturated carbocycles. The highest BCUT2D eigenvalue weighted by molar-refractivity contribution is 5.45. The third kappa shape index (κ3) is 3.77. The van der Waals surface area contributed by atoms with Gasteiger partial charge in [-0.2, -0.15) is 4.68 Å². The average Bonchev–Trinajstić information content (AvgIpc) is 3.22. The van der Waals surface area contributed by atoms with Gasteiger partial charge in [0.05, 0.1) is 12.3 Å². The molecule has 0 aliphatic carbocycles. The Balaban J connectivity index is 1.41. The van der Waals surface area contributed by atoms with Crippen molar-refractivity contribution in [2.45, 2.75) is 13.5 Å². The molecule has 0 bridgehead atoms. The molecule has 3 aromatic rings. The number of hydrogen-bond acceptors (Lipinski definition) is 7. The lowest BCUT2D eigenvalue weighted by molar-refractivity contribution is 0.243. The molecule has 2 heterocycles. The van der Waals surface area contributed by atoms with Crippen LogP contribution in [-0.4, -0.2) is 63.0 Å². The van der Waals surface area contributed by atoms with Crippen LogP contribution in [-0.2, 0) is 6.54 Å². The number of phenols is 1. The van der Waals surface area contributed by atoms with E-state index in [2.05, 4.69) is 25.3 Å². The van der Waals surface area contributed by atoms with E-state index in [0.29, 0.717) is 18.9 Å². The van der Waals surface area contributed by atoms with Crippen LogP contribution in [0.2, 0.25) is 0 Å². The summed E-state index contributed by atoms with van der Waals surface area (Å²) in [5.74, 6) is 1.53. The van der Waals surface area contributed by atoms with Gasteiger partial charge < -0.3 is 14.7 Å². The molecule has 8 heteroatoms. The molecule has 1 aliphatic rings. The van der Waals surface area contributed by atoms with Crippen molar-refractivity contribution >= 4 is 5.95 Å². The summed E-state index contributed by atoms with van der Waals surface area (Å²) in [6.07, 6.45) is 0. The highest BCUT2D eigenvalue weighted by Crippen LogP contribution is 2.31. The number of nitrogens with zero attached hydrogens (tertiary/aromatic N) is 6. The lowest BCUT2D eigenvalue weighted by Gasteiger charge is -2.34. The standard InChI is InChI=1S/C20H24N6O2/c1-2-28-18-10-6-7-16(19(18)27)15-24-11-13-25(14-12-24)20-21-22-23-26(20)17-8-4-3-5-9-17/h3-10,27H,2,11-15H2,1H3. The fourth-order valence-corrected chi connectivity index (χ4v) is 3.43. The maximum atomic E-state index is 10.4. The third-order valence-electron chi connectivity index (χ3n) is 4.89. The van der Waals surface area contributed by atoms with Crippen LogP contribution in [0.25, 0.3) is 5.69 Å². The predicted molar refractivity (Wildman–Crippen MR) is 106 cm³/mol. The van der Waals surface area contributed by atoms with Gasteiger partial charge in [0, 0.05) is 38.3 Å². The van der Waals surface area contributed by atoms with Crippen LogP contribution in [0.5, 0.6) is 11.5 Å². The summed E-state index contributed by atoms with van der Waals surface area (Å²) in [6.45, 7) is 6.49. The SMILES string of the molecule is CCOc1cccc(CN2CCN(c3nnnn3-c3ccccc3)CC2)c1O. The van der Waals surface area contributed by atoms with Crippen LogP contribution in [0.4, 0.5) is 5.95 Å².